The van der Waals surface area contributed by atoms with Crippen LogP contribution < -0.4 is 0 Å². The fourth-order valence-corrected chi connectivity index (χ4v) is 13.3. The van der Waals surface area contributed by atoms with Crippen molar-refractivity contribution in [2.75, 3.05) is 31.5 Å². The van der Waals surface area contributed by atoms with Gasteiger partial charge in [-0.2, -0.15) is 0 Å². The molecule has 0 unspecified atom stereocenters. The van der Waals surface area contributed by atoms with Gasteiger partial charge in [0.05, 0.1) is 0 Å². The van der Waals surface area contributed by atoms with Crippen LogP contribution in [0.1, 0.15) is 13.8 Å². The van der Waals surface area contributed by atoms with E-state index in [2.05, 4.69) is 47.7 Å². The van der Waals surface area contributed by atoms with Gasteiger partial charge in [0.1, 0.15) is 0 Å². The van der Waals surface area contributed by atoms with E-state index in [9.17, 15) is 4.21 Å². The van der Waals surface area contributed by atoms with Gasteiger partial charge in [0.15, 0.2) is 0 Å². The van der Waals surface area contributed by atoms with Gasteiger partial charge in [-0.15, -0.1) is 0 Å². The van der Waals surface area contributed by atoms with E-state index in [1.165, 1.54) is 0 Å². The molecule has 0 fully saturated rings. The molecule has 0 bridgehead atoms. The first-order chi connectivity index (χ1) is 5.11. The van der Waals surface area contributed by atoms with Crippen LogP contribution in [0.2, 0.25) is 0 Å². The van der Waals surface area contributed by atoms with E-state index in [-0.39, 0.29) is 0 Å². The molecule has 4 heteroatoms. The molecule has 0 rings (SSSR count). The molecule has 0 aliphatic rings. The quantitative estimate of drug-likeness (QED) is 0.444. The van der Waals surface area contributed by atoms with Crippen molar-refractivity contribution in [3.63, 3.8) is 0 Å². The van der Waals surface area contributed by atoms with Gasteiger partial charge < -0.3 is 0 Å². The summed E-state index contributed by atoms with van der Waals surface area (Å²) in [5.74, 6) is 0. The van der Waals surface area contributed by atoms with Crippen molar-refractivity contribution < 1.29 is 4.21 Å². The van der Waals surface area contributed by atoms with E-state index < -0.39 is 13.8 Å². The van der Waals surface area contributed by atoms with Crippen molar-refractivity contribution in [1.29, 1.82) is 0 Å². The van der Waals surface area contributed by atoms with Gasteiger partial charge in [-0.3, -0.25) is 0 Å². The molecule has 1 nitrogen and oxygen atoms in total. The third kappa shape index (κ3) is 4.43. The molecule has 12 heavy (non-hydrogen) atoms. The molecule has 0 aromatic heterocycles. The van der Waals surface area contributed by atoms with Crippen LogP contribution in [0, 0.1) is 0 Å². The van der Waals surface area contributed by atoms with Gasteiger partial charge in [0.2, 0.25) is 0 Å². The van der Waals surface area contributed by atoms with Crippen LogP contribution >= 0.6 is 26.3 Å². The third-order valence-electron chi connectivity index (χ3n) is 2.23. The molecule has 0 heterocycles. The van der Waals surface area contributed by atoms with E-state index >= 15 is 0 Å². The minimum atomic E-state index is -1.73. The second kappa shape index (κ2) is 3.74. The molecule has 0 N–H and O–H groups in total. The van der Waals surface area contributed by atoms with E-state index in [1.807, 2.05) is 12.5 Å². The number of hydrogen-bond donors (Lipinski definition) is 0. The zero-order valence-corrected chi connectivity index (χ0v) is 12.5. The van der Waals surface area contributed by atoms with Crippen LogP contribution in [-0.4, -0.2) is 40.8 Å². The number of hydrogen-bond acceptors (Lipinski definition) is 1. The van der Waals surface area contributed by atoms with Gasteiger partial charge in [-0.1, -0.05) is 0 Å². The summed E-state index contributed by atoms with van der Waals surface area (Å²) in [5.41, 5.74) is 0. The van der Waals surface area contributed by atoms with Crippen LogP contribution in [0.3, 0.4) is 0 Å². The summed E-state index contributed by atoms with van der Waals surface area (Å²) in [6, 6.07) is 0. The maximum absolute atomic E-state index is 11.7. The average molecular weight is 322 g/mol. The molecule has 0 saturated carbocycles. The van der Waals surface area contributed by atoms with Gasteiger partial charge >= 0.3 is 90.5 Å². The normalized spacial score (nSPS) is 16.7. The molecular formula is C8H20IOPS. The first kappa shape index (κ1) is 13.2. The Morgan fingerprint density at radius 3 is 1.75 bits per heavy atom. The second-order valence-electron chi connectivity index (χ2n) is 4.03. The Labute approximate surface area is 90.1 Å². The summed E-state index contributed by atoms with van der Waals surface area (Å²) in [7, 11) is -1.69. The topological polar surface area (TPSA) is 17.1 Å². The van der Waals surface area contributed by atoms with Gasteiger partial charge in [-0.25, -0.2) is 0 Å². The first-order valence-electron chi connectivity index (χ1n) is 4.14. The summed E-state index contributed by atoms with van der Waals surface area (Å²) in [6.45, 7) is 6.71. The van der Waals surface area contributed by atoms with Crippen LogP contribution in [0.5, 0.6) is 0 Å². The van der Waals surface area contributed by atoms with Gasteiger partial charge in [-0.05, 0) is 0 Å². The molecule has 0 aliphatic heterocycles. The van der Waals surface area contributed by atoms with E-state index in [4.69, 9.17) is 0 Å². The van der Waals surface area contributed by atoms with E-state index in [0.29, 0.717) is 0 Å². The molecule has 0 aromatic rings. The zero-order valence-electron chi connectivity index (χ0n) is 8.63. The molecule has 0 atom stereocenters. The third-order valence-corrected chi connectivity index (χ3v) is 16.1. The summed E-state index contributed by atoms with van der Waals surface area (Å²) in [6.07, 6.45) is 5.98. The van der Waals surface area contributed by atoms with Crippen molar-refractivity contribution in [1.82, 2.24) is 0 Å². The molecule has 76 valence electrons. The Morgan fingerprint density at radius 1 is 1.33 bits per heavy atom. The summed E-state index contributed by atoms with van der Waals surface area (Å²) >= 11 is 2.56. The predicted octanol–water partition coefficient (Wildman–Crippen LogP) is 2.86. The fourth-order valence-electron chi connectivity index (χ4n) is 1.08. The zero-order chi connectivity index (χ0) is 10.1. The van der Waals surface area contributed by atoms with Crippen molar-refractivity contribution in [3.05, 3.63) is 0 Å². The summed E-state index contributed by atoms with van der Waals surface area (Å²) in [4.78, 5) is 0. The molecule has 0 aromatic carbocycles. The first-order valence-corrected chi connectivity index (χ1v) is 12.5. The molecular weight excluding hydrogens is 302 g/mol. The molecule has 0 spiro atoms. The Morgan fingerprint density at radius 2 is 1.67 bits per heavy atom. The van der Waals surface area contributed by atoms with Crippen LogP contribution in [0.15, 0.2) is 0 Å². The second-order valence-corrected chi connectivity index (χ2v) is 21.4. The Kier molecular flexibility index (Phi) is 4.11. The van der Waals surface area contributed by atoms with Crippen LogP contribution in [0.4, 0.5) is 0 Å². The average Bonchev–Trinajstić information content (AvgIpc) is 1.85. The minimum absolute atomic E-state index is 1.15. The number of halogens is 1. The van der Waals surface area contributed by atoms with Crippen molar-refractivity contribution >= 4 is 40.9 Å². The standard InChI is InChI=1S/C8H20IOPS/c1-6-11(3,9,7-2)8-12(4,5)10/h8H,6-7H2,1-5H3. The van der Waals surface area contributed by atoms with Gasteiger partial charge in [0, 0.05) is 0 Å². The fraction of sp³-hybridized carbons (Fsp3) is 0.875. The van der Waals surface area contributed by atoms with Crippen molar-refractivity contribution in [3.8, 4) is 0 Å². The monoisotopic (exact) mass is 322 g/mol. The SMILES string of the molecule is CCP(C)(I)(C=S(C)(C)=O)CC. The van der Waals surface area contributed by atoms with Crippen molar-refractivity contribution in [2.24, 2.45) is 0 Å². The Balaban J connectivity index is 5.21. The van der Waals surface area contributed by atoms with E-state index in [0.717, 1.165) is 12.3 Å². The summed E-state index contributed by atoms with van der Waals surface area (Å²) < 4.78 is 9.97. The van der Waals surface area contributed by atoms with E-state index in [1.54, 1.807) is 0 Å². The Hall–Kier alpha value is 1.18. The summed E-state index contributed by atoms with van der Waals surface area (Å²) in [5, 5.41) is 2.15. The predicted molar refractivity (Wildman–Crippen MR) is 74.0 cm³/mol. The maximum atomic E-state index is 11.7. The van der Waals surface area contributed by atoms with Crippen LogP contribution in [-0.2, 0) is 9.52 Å². The van der Waals surface area contributed by atoms with Crippen LogP contribution in [0.25, 0.3) is 0 Å². The molecule has 0 amide bonds. The Bertz CT molecular complexity index is 261. The van der Waals surface area contributed by atoms with Crippen molar-refractivity contribution in [2.45, 2.75) is 13.8 Å². The molecule has 0 aliphatic carbocycles. The molecule has 0 radical (unpaired) electrons. The molecule has 0 saturated heterocycles. The number of rotatable bonds is 3. The van der Waals surface area contributed by atoms with Gasteiger partial charge in [0.25, 0.3) is 0 Å².